The van der Waals surface area contributed by atoms with E-state index in [1.807, 2.05) is 13.8 Å². The highest BCUT2D eigenvalue weighted by molar-refractivity contribution is 5.90. The number of aromatic hydroxyl groups is 1. The van der Waals surface area contributed by atoms with Crippen LogP contribution in [-0.4, -0.2) is 36.4 Å². The number of carbonyl (C=O) groups is 3. The average molecular weight is 631 g/mol. The molecule has 0 aliphatic heterocycles. The maximum Gasteiger partial charge on any atom is 0.330 e. The molecule has 6 rings (SSSR count). The first-order chi connectivity index (χ1) is 21.6. The molecule has 5 aliphatic carbocycles. The molecule has 1 N–H and O–H groups in total. The molecule has 0 radical (unpaired) electrons. The van der Waals surface area contributed by atoms with E-state index in [-0.39, 0.29) is 40.3 Å². The molecule has 0 aromatic heterocycles. The molecule has 250 valence electrons. The lowest BCUT2D eigenvalue weighted by molar-refractivity contribution is -0.159. The van der Waals surface area contributed by atoms with Crippen LogP contribution in [0, 0.1) is 50.7 Å². The lowest BCUT2D eigenvalue weighted by Crippen LogP contribution is -2.57. The molecule has 0 heterocycles. The van der Waals surface area contributed by atoms with Gasteiger partial charge >= 0.3 is 5.97 Å². The lowest BCUT2D eigenvalue weighted by atomic mass is 9.42. The molecule has 0 unspecified atom stereocenters. The minimum atomic E-state index is -0.437. The first-order valence-corrected chi connectivity index (χ1v) is 17.6. The number of carbonyl (C=O) groups excluding carboxylic acids is 3. The molecule has 6 heteroatoms. The van der Waals surface area contributed by atoms with Gasteiger partial charge in [-0.25, -0.2) is 4.79 Å². The van der Waals surface area contributed by atoms with Crippen LogP contribution in [0.5, 0.6) is 11.5 Å². The number of phenols is 1. The third-order valence-corrected chi connectivity index (χ3v) is 14.5. The maximum atomic E-state index is 13.2. The Morgan fingerprint density at radius 2 is 1.70 bits per heavy atom. The largest absolute Gasteiger partial charge is 0.504 e. The summed E-state index contributed by atoms with van der Waals surface area (Å²) in [4.78, 5) is 39.3. The van der Waals surface area contributed by atoms with Gasteiger partial charge in [-0.15, -0.1) is 0 Å². The van der Waals surface area contributed by atoms with Crippen molar-refractivity contribution in [3.8, 4) is 11.5 Å². The van der Waals surface area contributed by atoms with Gasteiger partial charge in [0.2, 0.25) is 0 Å². The SMILES string of the molecule is COc1cc(C=CC(=O)OC[C@@H](CC(=O)C=C(C)C)[C@@H]2CC[C@]3(C)[C@H]4CC[C@@H]5C(C)(C)C(=O)CC[C@]56C[C@]46CC[C@@]23C)ccc1O. The number of benzene rings is 1. The predicted molar refractivity (Wildman–Crippen MR) is 179 cm³/mol. The minimum absolute atomic E-state index is 0.0411. The monoisotopic (exact) mass is 630 g/mol. The van der Waals surface area contributed by atoms with Crippen molar-refractivity contribution in [2.24, 2.45) is 50.7 Å². The molecule has 0 bridgehead atoms. The number of esters is 1. The van der Waals surface area contributed by atoms with Crippen LogP contribution in [0.25, 0.3) is 6.08 Å². The van der Waals surface area contributed by atoms with E-state index in [0.29, 0.717) is 46.5 Å². The summed E-state index contributed by atoms with van der Waals surface area (Å²) in [6.07, 6.45) is 15.2. The molecular weight excluding hydrogens is 576 g/mol. The van der Waals surface area contributed by atoms with Crippen molar-refractivity contribution < 1.29 is 29.0 Å². The number of ether oxygens (including phenoxy) is 2. The van der Waals surface area contributed by atoms with E-state index in [2.05, 4.69) is 27.7 Å². The van der Waals surface area contributed by atoms with Gasteiger partial charge in [0.25, 0.3) is 0 Å². The Bertz CT molecular complexity index is 1480. The summed E-state index contributed by atoms with van der Waals surface area (Å²) in [6, 6.07) is 4.91. The first-order valence-electron chi connectivity index (χ1n) is 17.6. The van der Waals surface area contributed by atoms with Gasteiger partial charge in [0, 0.05) is 30.3 Å². The summed E-state index contributed by atoms with van der Waals surface area (Å²) < 4.78 is 11.1. The molecular formula is C40H54O6. The Kier molecular flexibility index (Phi) is 8.16. The fourth-order valence-electron chi connectivity index (χ4n) is 12.1. The second-order valence-corrected chi connectivity index (χ2v) is 16.8. The molecule has 1 aromatic rings. The number of hydrogen-bond acceptors (Lipinski definition) is 6. The Hall–Kier alpha value is -2.89. The van der Waals surface area contributed by atoms with E-state index >= 15 is 0 Å². The second kappa shape index (κ2) is 11.4. The van der Waals surface area contributed by atoms with E-state index in [9.17, 15) is 19.5 Å². The van der Waals surface area contributed by atoms with Crippen LogP contribution in [0.2, 0.25) is 0 Å². The highest BCUT2D eigenvalue weighted by Gasteiger charge is 2.82. The van der Waals surface area contributed by atoms with Gasteiger partial charge < -0.3 is 14.6 Å². The summed E-state index contributed by atoms with van der Waals surface area (Å²) in [5.74, 6) is 1.91. The van der Waals surface area contributed by atoms with Gasteiger partial charge in [-0.3, -0.25) is 9.59 Å². The molecule has 0 amide bonds. The topological polar surface area (TPSA) is 89.9 Å². The van der Waals surface area contributed by atoms with Crippen LogP contribution in [0.15, 0.2) is 35.9 Å². The third kappa shape index (κ3) is 4.91. The van der Waals surface area contributed by atoms with Crippen molar-refractivity contribution in [2.75, 3.05) is 13.7 Å². The molecule has 6 nitrogen and oxygen atoms in total. The van der Waals surface area contributed by atoms with E-state index in [4.69, 9.17) is 9.47 Å². The van der Waals surface area contributed by atoms with Crippen LogP contribution >= 0.6 is 0 Å². The maximum absolute atomic E-state index is 13.2. The van der Waals surface area contributed by atoms with Crippen LogP contribution in [0.1, 0.15) is 111 Å². The van der Waals surface area contributed by atoms with Gasteiger partial charge in [-0.2, -0.15) is 0 Å². The van der Waals surface area contributed by atoms with Crippen LogP contribution in [0.3, 0.4) is 0 Å². The predicted octanol–water partition coefficient (Wildman–Crippen LogP) is 8.51. The van der Waals surface area contributed by atoms with E-state index in [1.165, 1.54) is 38.5 Å². The van der Waals surface area contributed by atoms with Crippen LogP contribution in [0.4, 0.5) is 0 Å². The summed E-state index contributed by atoms with van der Waals surface area (Å²) >= 11 is 0. The molecule has 8 atom stereocenters. The summed E-state index contributed by atoms with van der Waals surface area (Å²) in [5.41, 5.74) is 2.40. The number of methoxy groups -OCH3 is 1. The molecule has 46 heavy (non-hydrogen) atoms. The fraction of sp³-hybridized carbons (Fsp3) is 0.675. The number of ketones is 2. The average Bonchev–Trinajstić information content (AvgIpc) is 3.58. The molecule has 5 saturated carbocycles. The van der Waals surface area contributed by atoms with Crippen molar-refractivity contribution in [2.45, 2.75) is 106 Å². The number of rotatable bonds is 9. The van der Waals surface area contributed by atoms with E-state index < -0.39 is 5.97 Å². The van der Waals surface area contributed by atoms with Crippen molar-refractivity contribution in [1.29, 1.82) is 0 Å². The summed E-state index contributed by atoms with van der Waals surface area (Å²) in [6.45, 7) is 13.6. The van der Waals surface area contributed by atoms with Crippen molar-refractivity contribution in [3.63, 3.8) is 0 Å². The Morgan fingerprint density at radius 1 is 0.978 bits per heavy atom. The molecule has 5 fully saturated rings. The highest BCUT2D eigenvalue weighted by Crippen LogP contribution is 2.88. The third-order valence-electron chi connectivity index (χ3n) is 14.5. The molecule has 2 spiro atoms. The fourth-order valence-corrected chi connectivity index (χ4v) is 12.1. The first kappa shape index (κ1) is 33.0. The van der Waals surface area contributed by atoms with Crippen LogP contribution < -0.4 is 4.74 Å². The lowest BCUT2D eigenvalue weighted by Gasteiger charge is -2.62. The van der Waals surface area contributed by atoms with Gasteiger partial charge in [0.15, 0.2) is 17.3 Å². The number of phenolic OH excluding ortho intramolecular Hbond substituents is 1. The smallest absolute Gasteiger partial charge is 0.330 e. The number of hydrogen-bond donors (Lipinski definition) is 1. The number of fused-ring (bicyclic) bond motifs is 2. The number of Topliss-reactive ketones (excluding diaryl/α,β-unsaturated/α-hetero) is 1. The Balaban J connectivity index is 1.22. The van der Waals surface area contributed by atoms with Crippen molar-refractivity contribution in [3.05, 3.63) is 41.5 Å². The van der Waals surface area contributed by atoms with Gasteiger partial charge in [-0.05, 0) is 134 Å². The Labute approximate surface area is 275 Å². The minimum Gasteiger partial charge on any atom is -0.504 e. The van der Waals surface area contributed by atoms with Gasteiger partial charge in [0.05, 0.1) is 13.7 Å². The zero-order valence-corrected chi connectivity index (χ0v) is 29.0. The summed E-state index contributed by atoms with van der Waals surface area (Å²) in [7, 11) is 1.49. The standard InChI is InChI=1S/C40H54O6/c1-25(2)20-28(41)22-27(23-46-35(44)13-9-26-8-10-30(42)31(21-26)45-7)29-14-16-38(6)33-12-11-32-36(3,4)34(43)15-17-39(32)24-40(33,39)19-18-37(29,38)5/h8-10,13,20-21,27,29,32-33,42H,11-12,14-19,22-24H2,1-7H3/t27-,29+,32-,33-,37+,38-,39+,40-/m1/s1. The zero-order valence-electron chi connectivity index (χ0n) is 29.0. The van der Waals surface area contributed by atoms with Crippen molar-refractivity contribution >= 4 is 23.6 Å². The highest BCUT2D eigenvalue weighted by atomic mass is 16.5. The van der Waals surface area contributed by atoms with Crippen molar-refractivity contribution in [1.82, 2.24) is 0 Å². The summed E-state index contributed by atoms with van der Waals surface area (Å²) in [5, 5.41) is 9.89. The second-order valence-electron chi connectivity index (χ2n) is 16.8. The van der Waals surface area contributed by atoms with E-state index in [0.717, 1.165) is 49.7 Å². The van der Waals surface area contributed by atoms with Gasteiger partial charge in [-0.1, -0.05) is 39.3 Å². The molecule has 5 aliphatic rings. The normalized spacial score (nSPS) is 37.7. The quantitative estimate of drug-likeness (QED) is 0.217. The molecule has 0 saturated heterocycles. The van der Waals surface area contributed by atoms with Gasteiger partial charge in [0.1, 0.15) is 5.78 Å². The van der Waals surface area contributed by atoms with Crippen LogP contribution in [-0.2, 0) is 19.1 Å². The molecule has 1 aromatic carbocycles. The number of allylic oxidation sites excluding steroid dienone is 2. The zero-order chi connectivity index (χ0) is 33.3. The van der Waals surface area contributed by atoms with E-state index in [1.54, 1.807) is 24.3 Å². The Morgan fingerprint density at radius 3 is 2.41 bits per heavy atom.